The highest BCUT2D eigenvalue weighted by molar-refractivity contribution is 6.42. The van der Waals surface area contributed by atoms with Crippen LogP contribution in [0.3, 0.4) is 0 Å². The number of nitrogens with one attached hydrogen (secondary N) is 1. The van der Waals surface area contributed by atoms with Crippen molar-refractivity contribution in [2.75, 3.05) is 13.1 Å². The number of amides is 2. The molecule has 1 unspecified atom stereocenters. The highest BCUT2D eigenvalue weighted by atomic mass is 35.5. The normalized spacial score (nSPS) is 16.4. The van der Waals surface area contributed by atoms with Gasteiger partial charge in [0.1, 0.15) is 5.92 Å². The van der Waals surface area contributed by atoms with Crippen molar-refractivity contribution in [1.82, 2.24) is 10.2 Å². The molecule has 0 spiro atoms. The number of nitrogens with zero attached hydrogens (tertiary/aromatic N) is 1. The standard InChI is InChI=1S/C22H22Cl2N2O3/c1-14-4-2-5-16(10-14)12-26-13-17(20(27)22(26)29)21(28)25-9-3-6-15-7-8-18(23)19(24)11-15/h2,4-5,7-8,10-11,17H,3,6,9,12-13H2,1H3,(H,25,28). The molecule has 1 N–H and O–H groups in total. The molecule has 1 atom stereocenters. The Balaban J connectivity index is 1.49. The van der Waals surface area contributed by atoms with E-state index in [0.717, 1.165) is 16.7 Å². The molecular formula is C22H22Cl2N2O3. The van der Waals surface area contributed by atoms with Crippen LogP contribution in [-0.2, 0) is 27.3 Å². The summed E-state index contributed by atoms with van der Waals surface area (Å²) in [6.45, 7) is 2.82. The molecule has 1 heterocycles. The molecule has 3 rings (SSSR count). The molecule has 7 heteroatoms. The van der Waals surface area contributed by atoms with E-state index in [9.17, 15) is 14.4 Å². The van der Waals surface area contributed by atoms with Gasteiger partial charge in [0.2, 0.25) is 11.7 Å². The van der Waals surface area contributed by atoms with Crippen LogP contribution in [-0.4, -0.2) is 35.6 Å². The van der Waals surface area contributed by atoms with Crippen LogP contribution >= 0.6 is 23.2 Å². The Morgan fingerprint density at radius 3 is 2.62 bits per heavy atom. The maximum atomic E-state index is 12.4. The smallest absolute Gasteiger partial charge is 0.291 e. The fourth-order valence-corrected chi connectivity index (χ4v) is 3.70. The molecular weight excluding hydrogens is 411 g/mol. The first-order valence-corrected chi connectivity index (χ1v) is 10.2. The lowest BCUT2D eigenvalue weighted by Crippen LogP contribution is -2.36. The van der Waals surface area contributed by atoms with E-state index in [1.165, 1.54) is 4.90 Å². The van der Waals surface area contributed by atoms with E-state index in [-0.39, 0.29) is 6.54 Å². The number of carbonyl (C=O) groups excluding carboxylic acids is 3. The predicted molar refractivity (Wildman–Crippen MR) is 113 cm³/mol. The third-order valence-electron chi connectivity index (χ3n) is 4.92. The fourth-order valence-electron chi connectivity index (χ4n) is 3.38. The molecule has 0 saturated carbocycles. The van der Waals surface area contributed by atoms with Crippen molar-refractivity contribution in [2.24, 2.45) is 5.92 Å². The summed E-state index contributed by atoms with van der Waals surface area (Å²) in [5.41, 5.74) is 3.04. The van der Waals surface area contributed by atoms with Crippen LogP contribution in [0.5, 0.6) is 0 Å². The molecule has 0 aliphatic carbocycles. The topological polar surface area (TPSA) is 66.5 Å². The van der Waals surface area contributed by atoms with E-state index in [0.29, 0.717) is 36.0 Å². The van der Waals surface area contributed by atoms with E-state index in [2.05, 4.69) is 5.32 Å². The monoisotopic (exact) mass is 432 g/mol. The summed E-state index contributed by atoms with van der Waals surface area (Å²) in [6.07, 6.45) is 1.40. The van der Waals surface area contributed by atoms with Crippen molar-refractivity contribution < 1.29 is 14.4 Å². The van der Waals surface area contributed by atoms with Gasteiger partial charge in [-0.25, -0.2) is 0 Å². The number of ketones is 1. The van der Waals surface area contributed by atoms with E-state index in [1.807, 2.05) is 37.3 Å². The summed E-state index contributed by atoms with van der Waals surface area (Å²) in [5, 5.41) is 3.77. The molecule has 1 aliphatic rings. The number of halogens is 2. The zero-order valence-electron chi connectivity index (χ0n) is 16.1. The van der Waals surface area contributed by atoms with Gasteiger partial charge in [0.15, 0.2) is 0 Å². The average molecular weight is 433 g/mol. The molecule has 5 nitrogen and oxygen atoms in total. The lowest BCUT2D eigenvalue weighted by atomic mass is 10.1. The maximum Gasteiger partial charge on any atom is 0.291 e. The molecule has 152 valence electrons. The second-order valence-electron chi connectivity index (χ2n) is 7.23. The quantitative estimate of drug-likeness (QED) is 0.413. The Hall–Kier alpha value is -2.37. The van der Waals surface area contributed by atoms with Crippen LogP contribution in [0.25, 0.3) is 0 Å². The number of benzene rings is 2. The minimum atomic E-state index is -0.947. The molecule has 2 aromatic rings. The van der Waals surface area contributed by atoms with Crippen molar-refractivity contribution in [1.29, 1.82) is 0 Å². The van der Waals surface area contributed by atoms with E-state index in [4.69, 9.17) is 23.2 Å². The number of aryl methyl sites for hydroxylation is 2. The number of hydrogen-bond donors (Lipinski definition) is 1. The van der Waals surface area contributed by atoms with Crippen LogP contribution in [0.2, 0.25) is 10.0 Å². The summed E-state index contributed by atoms with van der Waals surface area (Å²) in [6, 6.07) is 13.2. The SMILES string of the molecule is Cc1cccc(CN2CC(C(=O)NCCCc3ccc(Cl)c(Cl)c3)C(=O)C2=O)c1. The number of rotatable bonds is 7. The third kappa shape index (κ3) is 5.37. The molecule has 29 heavy (non-hydrogen) atoms. The molecule has 0 radical (unpaired) electrons. The zero-order chi connectivity index (χ0) is 21.0. The second-order valence-corrected chi connectivity index (χ2v) is 8.05. The molecule has 1 saturated heterocycles. The molecule has 1 aliphatic heterocycles. The lowest BCUT2D eigenvalue weighted by Gasteiger charge is -2.16. The van der Waals surface area contributed by atoms with Crippen LogP contribution in [0.4, 0.5) is 0 Å². The Morgan fingerprint density at radius 2 is 1.90 bits per heavy atom. The Labute approximate surface area is 180 Å². The van der Waals surface area contributed by atoms with Crippen molar-refractivity contribution >= 4 is 40.8 Å². The number of hydrogen-bond acceptors (Lipinski definition) is 3. The van der Waals surface area contributed by atoms with Gasteiger partial charge in [0.25, 0.3) is 5.91 Å². The third-order valence-corrected chi connectivity index (χ3v) is 5.65. The van der Waals surface area contributed by atoms with Crippen molar-refractivity contribution in [3.8, 4) is 0 Å². The maximum absolute atomic E-state index is 12.4. The highest BCUT2D eigenvalue weighted by Crippen LogP contribution is 2.23. The van der Waals surface area contributed by atoms with E-state index >= 15 is 0 Å². The molecule has 2 aromatic carbocycles. The summed E-state index contributed by atoms with van der Waals surface area (Å²) >= 11 is 11.9. The summed E-state index contributed by atoms with van der Waals surface area (Å²) in [7, 11) is 0. The number of likely N-dealkylation sites (tertiary alicyclic amines) is 1. The Kier molecular flexibility index (Phi) is 6.93. The van der Waals surface area contributed by atoms with Crippen LogP contribution in [0.15, 0.2) is 42.5 Å². The minimum absolute atomic E-state index is 0.115. The number of carbonyl (C=O) groups is 3. The first-order valence-electron chi connectivity index (χ1n) is 9.45. The zero-order valence-corrected chi connectivity index (χ0v) is 17.6. The van der Waals surface area contributed by atoms with Crippen LogP contribution < -0.4 is 5.32 Å². The Bertz CT molecular complexity index is 945. The first-order chi connectivity index (χ1) is 13.8. The van der Waals surface area contributed by atoms with Crippen LogP contribution in [0.1, 0.15) is 23.1 Å². The van der Waals surface area contributed by atoms with Gasteiger partial charge in [-0.2, -0.15) is 0 Å². The van der Waals surface area contributed by atoms with Crippen LogP contribution in [0, 0.1) is 12.8 Å². The minimum Gasteiger partial charge on any atom is -0.355 e. The van der Waals surface area contributed by atoms with Crippen molar-refractivity contribution in [2.45, 2.75) is 26.3 Å². The molecule has 0 aromatic heterocycles. The van der Waals surface area contributed by atoms with E-state index in [1.54, 1.807) is 12.1 Å². The second kappa shape index (κ2) is 9.42. The van der Waals surface area contributed by atoms with Gasteiger partial charge >= 0.3 is 0 Å². The number of Topliss-reactive ketones (excluding diaryl/α,β-unsaturated/α-hetero) is 1. The van der Waals surface area contributed by atoms with Gasteiger partial charge in [-0.05, 0) is 43.0 Å². The van der Waals surface area contributed by atoms with Crippen molar-refractivity contribution in [3.05, 3.63) is 69.2 Å². The van der Waals surface area contributed by atoms with Gasteiger partial charge in [0, 0.05) is 19.6 Å². The van der Waals surface area contributed by atoms with Gasteiger partial charge in [-0.15, -0.1) is 0 Å². The molecule has 0 bridgehead atoms. The molecule has 1 fully saturated rings. The summed E-state index contributed by atoms with van der Waals surface area (Å²) < 4.78 is 0. The predicted octanol–water partition coefficient (Wildman–Crippen LogP) is 3.58. The average Bonchev–Trinajstić information content (AvgIpc) is 2.96. The first kappa shape index (κ1) is 21.3. The summed E-state index contributed by atoms with van der Waals surface area (Å²) in [4.78, 5) is 38.4. The van der Waals surface area contributed by atoms with Crippen molar-refractivity contribution in [3.63, 3.8) is 0 Å². The molecule has 2 amide bonds. The largest absolute Gasteiger partial charge is 0.355 e. The van der Waals surface area contributed by atoms with E-state index < -0.39 is 23.5 Å². The van der Waals surface area contributed by atoms with Gasteiger partial charge < -0.3 is 10.2 Å². The lowest BCUT2D eigenvalue weighted by molar-refractivity contribution is -0.142. The summed E-state index contributed by atoms with van der Waals surface area (Å²) in [5.74, 6) is -2.58. The highest BCUT2D eigenvalue weighted by Gasteiger charge is 2.42. The van der Waals surface area contributed by atoms with Gasteiger partial charge in [-0.3, -0.25) is 14.4 Å². The Morgan fingerprint density at radius 1 is 1.10 bits per heavy atom. The van der Waals surface area contributed by atoms with Gasteiger partial charge in [0.05, 0.1) is 10.0 Å². The fraction of sp³-hybridized carbons (Fsp3) is 0.318. The van der Waals surface area contributed by atoms with Gasteiger partial charge in [-0.1, -0.05) is 59.1 Å².